The third-order valence-electron chi connectivity index (χ3n) is 6.12. The summed E-state index contributed by atoms with van der Waals surface area (Å²) in [6.07, 6.45) is 7.25. The van der Waals surface area contributed by atoms with E-state index in [1.54, 1.807) is 0 Å². The van der Waals surface area contributed by atoms with Gasteiger partial charge in [0.15, 0.2) is 0 Å². The fraction of sp³-hybridized carbons (Fsp3) is 0.706. The van der Waals surface area contributed by atoms with Gasteiger partial charge in [0.25, 0.3) is 0 Å². The number of aliphatic carboxylic acids is 1. The van der Waals surface area contributed by atoms with Gasteiger partial charge in [-0.15, -0.1) is 0 Å². The third-order valence-corrected chi connectivity index (χ3v) is 6.12. The van der Waals surface area contributed by atoms with E-state index in [9.17, 15) is 19.5 Å². The molecule has 4 aliphatic carbocycles. The van der Waals surface area contributed by atoms with E-state index >= 15 is 0 Å². The standard InChI is InChI=1S/C17H21NO4/c1-2-3-4-12(17(21)22)18-15(19)13-8-5-6-9(11-7-10(8)11)14(13)16(18)20/h5-6,8-14H,2-4,7H2,1H3,(H,21,22)/t8-,9-,10-,11-,12+,13-,14+/m0/s1. The molecule has 1 saturated heterocycles. The van der Waals surface area contributed by atoms with E-state index < -0.39 is 12.0 Å². The molecule has 0 aromatic rings. The number of hydrogen-bond acceptors (Lipinski definition) is 3. The normalized spacial score (nSPS) is 42.3. The molecule has 5 nitrogen and oxygen atoms in total. The fourth-order valence-corrected chi connectivity index (χ4v) is 5.05. The average molecular weight is 303 g/mol. The molecule has 0 unspecified atom stereocenters. The zero-order valence-corrected chi connectivity index (χ0v) is 12.6. The maximum atomic E-state index is 12.8. The van der Waals surface area contributed by atoms with Crippen molar-refractivity contribution < 1.29 is 19.5 Å². The molecule has 0 radical (unpaired) electrons. The molecule has 0 aromatic heterocycles. The van der Waals surface area contributed by atoms with E-state index in [2.05, 4.69) is 12.2 Å². The topological polar surface area (TPSA) is 74.7 Å². The summed E-state index contributed by atoms with van der Waals surface area (Å²) in [4.78, 5) is 38.3. The number of carbonyl (C=O) groups is 3. The Morgan fingerprint density at radius 1 is 1.23 bits per heavy atom. The minimum atomic E-state index is -1.06. The van der Waals surface area contributed by atoms with Gasteiger partial charge in [-0.05, 0) is 36.5 Å². The average Bonchev–Trinajstić information content (AvgIpc) is 3.27. The Balaban J connectivity index is 1.65. The number of allylic oxidation sites excluding steroid dienone is 2. The van der Waals surface area contributed by atoms with Gasteiger partial charge in [0.2, 0.25) is 11.8 Å². The molecule has 7 atom stereocenters. The molecule has 22 heavy (non-hydrogen) atoms. The second kappa shape index (κ2) is 4.67. The van der Waals surface area contributed by atoms with Crippen molar-refractivity contribution in [2.45, 2.75) is 38.6 Å². The van der Waals surface area contributed by atoms with Crippen molar-refractivity contribution in [3.63, 3.8) is 0 Å². The molecule has 2 saturated carbocycles. The molecule has 0 aromatic carbocycles. The van der Waals surface area contributed by atoms with Crippen molar-refractivity contribution in [3.8, 4) is 0 Å². The van der Waals surface area contributed by atoms with Crippen LogP contribution >= 0.6 is 0 Å². The number of carboxylic acid groups (broad SMARTS) is 1. The van der Waals surface area contributed by atoms with Crippen LogP contribution in [0.3, 0.4) is 0 Å². The van der Waals surface area contributed by atoms with Gasteiger partial charge in [-0.25, -0.2) is 4.79 Å². The van der Waals surface area contributed by atoms with Crippen LogP contribution in [0.1, 0.15) is 32.6 Å². The highest BCUT2D eigenvalue weighted by atomic mass is 16.4. The van der Waals surface area contributed by atoms with E-state index in [4.69, 9.17) is 0 Å². The third kappa shape index (κ3) is 1.68. The van der Waals surface area contributed by atoms with Crippen LogP contribution in [0.4, 0.5) is 0 Å². The number of carbonyl (C=O) groups excluding carboxylic acids is 2. The maximum absolute atomic E-state index is 12.8. The highest BCUT2D eigenvalue weighted by Crippen LogP contribution is 2.65. The Morgan fingerprint density at radius 2 is 1.77 bits per heavy atom. The maximum Gasteiger partial charge on any atom is 0.326 e. The molecule has 2 bridgehead atoms. The summed E-state index contributed by atoms with van der Waals surface area (Å²) in [5.74, 6) is -0.710. The Hall–Kier alpha value is -1.65. The van der Waals surface area contributed by atoms with E-state index in [-0.39, 0.29) is 35.5 Å². The predicted octanol–water partition coefficient (Wildman–Crippen LogP) is 1.68. The number of rotatable bonds is 5. The fourth-order valence-electron chi connectivity index (χ4n) is 5.05. The van der Waals surface area contributed by atoms with Gasteiger partial charge in [0.1, 0.15) is 6.04 Å². The summed E-state index contributed by atoms with van der Waals surface area (Å²) in [5, 5.41) is 9.48. The Kier molecular flexibility index (Phi) is 2.97. The summed E-state index contributed by atoms with van der Waals surface area (Å²) < 4.78 is 0. The summed E-state index contributed by atoms with van der Waals surface area (Å²) in [5.41, 5.74) is 0. The molecule has 5 rings (SSSR count). The van der Waals surface area contributed by atoms with E-state index in [1.807, 2.05) is 6.92 Å². The monoisotopic (exact) mass is 303 g/mol. The Bertz CT molecular complexity index is 547. The summed E-state index contributed by atoms with van der Waals surface area (Å²) in [7, 11) is 0. The second-order valence-corrected chi connectivity index (χ2v) is 7.20. The van der Waals surface area contributed by atoms with Crippen LogP contribution in [0.25, 0.3) is 0 Å². The molecule has 2 amide bonds. The first-order chi connectivity index (χ1) is 10.6. The molecule has 5 heteroatoms. The summed E-state index contributed by atoms with van der Waals surface area (Å²) in [6.45, 7) is 1.98. The number of nitrogens with zero attached hydrogens (tertiary/aromatic N) is 1. The summed E-state index contributed by atoms with van der Waals surface area (Å²) >= 11 is 0. The number of unbranched alkanes of at least 4 members (excludes halogenated alkanes) is 1. The lowest BCUT2D eigenvalue weighted by Crippen LogP contribution is -2.45. The van der Waals surface area contributed by atoms with Crippen LogP contribution < -0.4 is 0 Å². The summed E-state index contributed by atoms with van der Waals surface area (Å²) in [6, 6.07) is -0.985. The van der Waals surface area contributed by atoms with Gasteiger partial charge < -0.3 is 5.11 Å². The predicted molar refractivity (Wildman–Crippen MR) is 77.5 cm³/mol. The SMILES string of the molecule is CCCC[C@H](C(=O)O)N1C(=O)[C@@H]2[C@H]3C=C[C@@H]([C@@H]4C[C@@H]34)[C@@H]2C1=O. The van der Waals surface area contributed by atoms with Crippen LogP contribution in [0.5, 0.6) is 0 Å². The first-order valence-electron chi connectivity index (χ1n) is 8.34. The smallest absolute Gasteiger partial charge is 0.326 e. The van der Waals surface area contributed by atoms with Crippen molar-refractivity contribution in [1.29, 1.82) is 0 Å². The molecule has 1 N–H and O–H groups in total. The number of carboxylic acids is 1. The van der Waals surface area contributed by atoms with Gasteiger partial charge in [-0.1, -0.05) is 31.9 Å². The number of imide groups is 1. The zero-order chi connectivity index (χ0) is 15.6. The van der Waals surface area contributed by atoms with Gasteiger partial charge in [-0.2, -0.15) is 0 Å². The first-order valence-corrected chi connectivity index (χ1v) is 8.34. The molecular formula is C17H21NO4. The molecular weight excluding hydrogens is 282 g/mol. The number of likely N-dealkylation sites (tertiary alicyclic amines) is 1. The molecule has 1 heterocycles. The van der Waals surface area contributed by atoms with Crippen molar-refractivity contribution in [2.24, 2.45) is 35.5 Å². The van der Waals surface area contributed by atoms with Crippen LogP contribution in [-0.4, -0.2) is 33.8 Å². The second-order valence-electron chi connectivity index (χ2n) is 7.20. The number of amides is 2. The van der Waals surface area contributed by atoms with Crippen LogP contribution in [0.15, 0.2) is 12.2 Å². The lowest BCUT2D eigenvalue weighted by molar-refractivity contribution is -0.155. The van der Waals surface area contributed by atoms with E-state index in [0.717, 1.165) is 17.7 Å². The zero-order valence-electron chi connectivity index (χ0n) is 12.6. The van der Waals surface area contributed by atoms with Crippen LogP contribution in [0, 0.1) is 35.5 Å². The molecule has 5 aliphatic rings. The quantitative estimate of drug-likeness (QED) is 0.619. The van der Waals surface area contributed by atoms with Crippen LogP contribution in [0.2, 0.25) is 0 Å². The minimum absolute atomic E-state index is 0.155. The lowest BCUT2D eigenvalue weighted by atomic mass is 9.63. The van der Waals surface area contributed by atoms with Crippen molar-refractivity contribution in [1.82, 2.24) is 4.90 Å². The Morgan fingerprint density at radius 3 is 2.23 bits per heavy atom. The van der Waals surface area contributed by atoms with Gasteiger partial charge in [0, 0.05) is 0 Å². The van der Waals surface area contributed by atoms with Gasteiger partial charge >= 0.3 is 5.97 Å². The number of hydrogen-bond donors (Lipinski definition) is 1. The molecule has 0 spiro atoms. The highest BCUT2D eigenvalue weighted by molar-refractivity contribution is 6.08. The lowest BCUT2D eigenvalue weighted by Gasteiger charge is -2.37. The van der Waals surface area contributed by atoms with Crippen molar-refractivity contribution in [3.05, 3.63) is 12.2 Å². The van der Waals surface area contributed by atoms with E-state index in [0.29, 0.717) is 24.7 Å². The first kappa shape index (κ1) is 14.0. The van der Waals surface area contributed by atoms with Crippen LogP contribution in [-0.2, 0) is 14.4 Å². The van der Waals surface area contributed by atoms with Gasteiger partial charge in [0.05, 0.1) is 11.8 Å². The van der Waals surface area contributed by atoms with Gasteiger partial charge in [-0.3, -0.25) is 14.5 Å². The Labute approximate surface area is 129 Å². The molecule has 3 fully saturated rings. The van der Waals surface area contributed by atoms with Crippen molar-refractivity contribution in [2.75, 3.05) is 0 Å². The minimum Gasteiger partial charge on any atom is -0.480 e. The van der Waals surface area contributed by atoms with E-state index in [1.165, 1.54) is 0 Å². The highest BCUT2D eigenvalue weighted by Gasteiger charge is 2.67. The molecule has 118 valence electrons. The largest absolute Gasteiger partial charge is 0.480 e. The van der Waals surface area contributed by atoms with Crippen molar-refractivity contribution >= 4 is 17.8 Å². The molecule has 1 aliphatic heterocycles.